The SMILES string of the molecule is C[C@@H]1C(=O)N[C@H](Cc2ccc(Cl)cc2)C(=O)NCCCc2ccc(F)cc2OCCN[C@@H](C2CC2)C(=O)N1C. The first-order chi connectivity index (χ1) is 18.7. The number of hydrogen-bond donors (Lipinski definition) is 3. The molecule has 0 saturated heterocycles. The summed E-state index contributed by atoms with van der Waals surface area (Å²) < 4.78 is 19.8. The summed E-state index contributed by atoms with van der Waals surface area (Å²) in [4.78, 5) is 41.3. The first-order valence-electron chi connectivity index (χ1n) is 13.5. The number of aryl methyl sites for hydroxylation is 1. The van der Waals surface area contributed by atoms with E-state index < -0.39 is 24.0 Å². The van der Waals surface area contributed by atoms with Crippen LogP contribution in [0.4, 0.5) is 4.39 Å². The zero-order valence-electron chi connectivity index (χ0n) is 22.3. The van der Waals surface area contributed by atoms with Crippen molar-refractivity contribution in [2.45, 2.75) is 57.2 Å². The van der Waals surface area contributed by atoms with Crippen LogP contribution in [0.25, 0.3) is 0 Å². The number of carbonyl (C=O) groups excluding carboxylic acids is 3. The number of likely N-dealkylation sites (N-methyl/N-ethyl adjacent to an activating group) is 1. The van der Waals surface area contributed by atoms with Gasteiger partial charge in [0.15, 0.2) is 0 Å². The van der Waals surface area contributed by atoms with Gasteiger partial charge in [-0.1, -0.05) is 29.8 Å². The molecule has 2 aromatic rings. The Morgan fingerprint density at radius 1 is 1.05 bits per heavy atom. The van der Waals surface area contributed by atoms with E-state index in [2.05, 4.69) is 16.0 Å². The third kappa shape index (κ3) is 7.92. The molecule has 0 radical (unpaired) electrons. The molecule has 10 heteroatoms. The fourth-order valence-corrected chi connectivity index (χ4v) is 4.81. The van der Waals surface area contributed by atoms with Crippen LogP contribution in [0.1, 0.15) is 37.3 Å². The molecule has 3 atom stereocenters. The van der Waals surface area contributed by atoms with E-state index >= 15 is 0 Å². The molecule has 1 heterocycles. The summed E-state index contributed by atoms with van der Waals surface area (Å²) in [5.74, 6) is -0.666. The second-order valence-electron chi connectivity index (χ2n) is 10.3. The molecule has 39 heavy (non-hydrogen) atoms. The molecule has 2 aliphatic rings. The number of halogens is 2. The zero-order valence-corrected chi connectivity index (χ0v) is 23.1. The average Bonchev–Trinajstić information content (AvgIpc) is 3.76. The number of carbonyl (C=O) groups is 3. The van der Waals surface area contributed by atoms with Crippen LogP contribution in [0, 0.1) is 11.7 Å². The van der Waals surface area contributed by atoms with Crippen LogP contribution in [-0.4, -0.2) is 67.5 Å². The van der Waals surface area contributed by atoms with Crippen molar-refractivity contribution in [3.05, 3.63) is 64.4 Å². The van der Waals surface area contributed by atoms with Gasteiger partial charge in [-0.2, -0.15) is 0 Å². The highest BCUT2D eigenvalue weighted by atomic mass is 35.5. The van der Waals surface area contributed by atoms with Crippen LogP contribution in [0.15, 0.2) is 42.5 Å². The Morgan fingerprint density at radius 3 is 2.51 bits per heavy atom. The maximum atomic E-state index is 13.9. The molecule has 2 aromatic carbocycles. The quantitative estimate of drug-likeness (QED) is 0.538. The highest BCUT2D eigenvalue weighted by Crippen LogP contribution is 2.33. The molecule has 210 valence electrons. The number of fused-ring (bicyclic) bond motifs is 1. The van der Waals surface area contributed by atoms with E-state index in [0.29, 0.717) is 36.7 Å². The molecule has 1 aliphatic carbocycles. The van der Waals surface area contributed by atoms with Gasteiger partial charge in [0.25, 0.3) is 0 Å². The molecule has 0 spiro atoms. The van der Waals surface area contributed by atoms with Crippen molar-refractivity contribution in [1.29, 1.82) is 0 Å². The van der Waals surface area contributed by atoms with Gasteiger partial charge in [-0.25, -0.2) is 4.39 Å². The third-order valence-corrected chi connectivity index (χ3v) is 7.58. The lowest BCUT2D eigenvalue weighted by Gasteiger charge is -2.30. The van der Waals surface area contributed by atoms with Gasteiger partial charge in [-0.15, -0.1) is 0 Å². The smallest absolute Gasteiger partial charge is 0.243 e. The fraction of sp³-hybridized carbons (Fsp3) is 0.483. The van der Waals surface area contributed by atoms with E-state index in [1.54, 1.807) is 32.2 Å². The Labute approximate surface area is 233 Å². The summed E-state index contributed by atoms with van der Waals surface area (Å²) in [7, 11) is 1.60. The number of hydrogen-bond acceptors (Lipinski definition) is 5. The molecule has 1 aliphatic heterocycles. The van der Waals surface area contributed by atoms with E-state index in [0.717, 1.165) is 24.0 Å². The van der Waals surface area contributed by atoms with Crippen LogP contribution in [0.5, 0.6) is 5.75 Å². The van der Waals surface area contributed by atoms with Gasteiger partial charge in [0, 0.05) is 37.6 Å². The molecular formula is C29H36ClFN4O4. The first kappa shape index (κ1) is 28.8. The normalized spacial score (nSPS) is 24.1. The Morgan fingerprint density at radius 2 is 1.79 bits per heavy atom. The van der Waals surface area contributed by atoms with E-state index in [1.165, 1.54) is 17.0 Å². The Hall–Kier alpha value is -3.17. The maximum absolute atomic E-state index is 13.9. The Balaban J connectivity index is 1.55. The standard InChI is InChI=1S/C29H36ClFN4O4/c1-18-27(36)34-24(16-19-5-10-22(30)11-6-19)28(37)33-13-3-4-20-9-12-23(31)17-25(20)39-15-14-32-26(21-7-8-21)29(38)35(18)2/h5-6,9-12,17-18,21,24,26,32H,3-4,7-8,13-16H2,1-2H3,(H,33,37)(H,34,36)/t18-,24-,26+/m1/s1. The fourth-order valence-electron chi connectivity index (χ4n) is 4.69. The number of benzene rings is 2. The van der Waals surface area contributed by atoms with Gasteiger partial charge in [0.2, 0.25) is 17.7 Å². The van der Waals surface area contributed by atoms with E-state index in [-0.39, 0.29) is 36.6 Å². The summed E-state index contributed by atoms with van der Waals surface area (Å²) in [6, 6.07) is 9.46. The third-order valence-electron chi connectivity index (χ3n) is 7.33. The van der Waals surface area contributed by atoms with Crippen molar-refractivity contribution in [3.63, 3.8) is 0 Å². The summed E-state index contributed by atoms with van der Waals surface area (Å²) in [6.45, 7) is 2.68. The predicted molar refractivity (Wildman–Crippen MR) is 147 cm³/mol. The molecule has 4 rings (SSSR count). The van der Waals surface area contributed by atoms with Crippen molar-refractivity contribution in [1.82, 2.24) is 20.9 Å². The first-order valence-corrected chi connectivity index (χ1v) is 13.8. The maximum Gasteiger partial charge on any atom is 0.243 e. The average molecular weight is 559 g/mol. The van der Waals surface area contributed by atoms with Crippen LogP contribution in [0.2, 0.25) is 5.02 Å². The van der Waals surface area contributed by atoms with Crippen LogP contribution in [-0.2, 0) is 27.2 Å². The lowest BCUT2D eigenvalue weighted by atomic mass is 10.0. The predicted octanol–water partition coefficient (Wildman–Crippen LogP) is 2.86. The summed E-state index contributed by atoms with van der Waals surface area (Å²) in [5.41, 5.74) is 1.67. The van der Waals surface area contributed by atoms with Crippen LogP contribution in [0.3, 0.4) is 0 Å². The van der Waals surface area contributed by atoms with Crippen molar-refractivity contribution in [2.75, 3.05) is 26.7 Å². The molecular weight excluding hydrogens is 523 g/mol. The van der Waals surface area contributed by atoms with Gasteiger partial charge in [-0.3, -0.25) is 14.4 Å². The van der Waals surface area contributed by atoms with Gasteiger partial charge in [0.05, 0.1) is 6.04 Å². The minimum atomic E-state index is -0.842. The van der Waals surface area contributed by atoms with Crippen molar-refractivity contribution in [2.24, 2.45) is 5.92 Å². The number of nitrogens with one attached hydrogen (secondary N) is 3. The highest BCUT2D eigenvalue weighted by molar-refractivity contribution is 6.30. The molecule has 3 N–H and O–H groups in total. The molecule has 1 saturated carbocycles. The summed E-state index contributed by atoms with van der Waals surface area (Å²) >= 11 is 6.01. The molecule has 1 fully saturated rings. The number of nitrogens with zero attached hydrogens (tertiary/aromatic N) is 1. The van der Waals surface area contributed by atoms with Crippen LogP contribution >= 0.6 is 11.6 Å². The summed E-state index contributed by atoms with van der Waals surface area (Å²) in [5, 5.41) is 9.63. The second kappa shape index (κ2) is 13.3. The minimum Gasteiger partial charge on any atom is -0.492 e. The van der Waals surface area contributed by atoms with Crippen molar-refractivity contribution >= 4 is 29.3 Å². The number of amides is 3. The lowest BCUT2D eigenvalue weighted by molar-refractivity contribution is -0.141. The molecule has 8 nitrogen and oxygen atoms in total. The topological polar surface area (TPSA) is 99.8 Å². The van der Waals surface area contributed by atoms with Gasteiger partial charge in [-0.05, 0) is 67.9 Å². The van der Waals surface area contributed by atoms with Crippen molar-refractivity contribution in [3.8, 4) is 5.75 Å². The van der Waals surface area contributed by atoms with Gasteiger partial charge < -0.3 is 25.6 Å². The molecule has 0 aromatic heterocycles. The summed E-state index contributed by atoms with van der Waals surface area (Å²) in [6.07, 6.45) is 3.29. The van der Waals surface area contributed by atoms with Crippen molar-refractivity contribution < 1.29 is 23.5 Å². The van der Waals surface area contributed by atoms with Gasteiger partial charge in [0.1, 0.15) is 30.3 Å². The molecule has 3 amide bonds. The van der Waals surface area contributed by atoms with Crippen LogP contribution < -0.4 is 20.7 Å². The highest BCUT2D eigenvalue weighted by Gasteiger charge is 2.39. The largest absolute Gasteiger partial charge is 0.492 e. The van der Waals surface area contributed by atoms with E-state index in [9.17, 15) is 18.8 Å². The lowest BCUT2D eigenvalue weighted by Crippen LogP contribution is -2.56. The van der Waals surface area contributed by atoms with E-state index in [1.807, 2.05) is 12.1 Å². The Kier molecular flexibility index (Phi) is 9.80. The number of ether oxygens (including phenoxy) is 1. The Bertz CT molecular complexity index is 1170. The van der Waals surface area contributed by atoms with E-state index in [4.69, 9.17) is 16.3 Å². The number of rotatable bonds is 3. The minimum absolute atomic E-state index is 0.189. The second-order valence-corrected chi connectivity index (χ2v) is 10.7. The molecule has 0 unspecified atom stereocenters. The zero-order chi connectivity index (χ0) is 27.9. The molecule has 0 bridgehead atoms. The van der Waals surface area contributed by atoms with Gasteiger partial charge >= 0.3 is 0 Å². The monoisotopic (exact) mass is 558 g/mol.